The Morgan fingerprint density at radius 3 is 2.68 bits per heavy atom. The Kier molecular flexibility index (Phi) is 6.60. The van der Waals surface area contributed by atoms with E-state index in [1.807, 2.05) is 12.1 Å². The van der Waals surface area contributed by atoms with Crippen molar-refractivity contribution in [2.24, 2.45) is 0 Å². The van der Waals surface area contributed by atoms with E-state index in [0.29, 0.717) is 23.6 Å². The van der Waals surface area contributed by atoms with Gasteiger partial charge < -0.3 is 10.6 Å². The van der Waals surface area contributed by atoms with Crippen molar-refractivity contribution in [1.29, 1.82) is 0 Å². The first-order valence-electron chi connectivity index (χ1n) is 9.05. The van der Waals surface area contributed by atoms with Gasteiger partial charge >= 0.3 is 6.03 Å². The van der Waals surface area contributed by atoms with E-state index in [4.69, 9.17) is 11.6 Å². The number of hydrogen-bond acceptors (Lipinski definition) is 4. The maximum atomic E-state index is 12.5. The zero-order chi connectivity index (χ0) is 19.9. The third-order valence-corrected chi connectivity index (χ3v) is 4.91. The number of pyridine rings is 1. The predicted octanol–water partition coefficient (Wildman–Crippen LogP) is 2.29. The second-order valence-electron chi connectivity index (χ2n) is 6.51. The van der Waals surface area contributed by atoms with Crippen LogP contribution in [0.2, 0.25) is 5.02 Å². The molecule has 1 aromatic heterocycles. The molecule has 2 N–H and O–H groups in total. The van der Waals surface area contributed by atoms with Gasteiger partial charge in [0.25, 0.3) is 5.91 Å². The van der Waals surface area contributed by atoms with E-state index in [1.54, 1.807) is 36.7 Å². The highest BCUT2D eigenvalue weighted by Gasteiger charge is 2.38. The second-order valence-corrected chi connectivity index (χ2v) is 6.92. The minimum absolute atomic E-state index is 0.110. The molecule has 146 valence electrons. The summed E-state index contributed by atoms with van der Waals surface area (Å²) in [7, 11) is 0. The Bertz CT molecular complexity index is 860. The van der Waals surface area contributed by atoms with E-state index in [9.17, 15) is 14.4 Å². The Morgan fingerprint density at radius 1 is 1.18 bits per heavy atom. The first-order chi connectivity index (χ1) is 13.5. The largest absolute Gasteiger partial charge is 0.356 e. The number of nitrogens with zero attached hydrogens (tertiary/aromatic N) is 2. The quantitative estimate of drug-likeness (QED) is 0.665. The number of carbonyl (C=O) groups is 3. The molecule has 1 atom stereocenters. The fourth-order valence-corrected chi connectivity index (χ4v) is 3.17. The fourth-order valence-electron chi connectivity index (χ4n) is 2.98. The van der Waals surface area contributed by atoms with Crippen LogP contribution in [0.5, 0.6) is 0 Å². The SMILES string of the molecule is O=C(CCC1NC(=O)N(Cc2ccccc2Cl)C1=O)NCCc1ccncc1. The molecule has 0 saturated carbocycles. The third-order valence-electron chi connectivity index (χ3n) is 4.54. The molecule has 1 saturated heterocycles. The average Bonchev–Trinajstić information content (AvgIpc) is 2.96. The lowest BCUT2D eigenvalue weighted by molar-refractivity contribution is -0.128. The van der Waals surface area contributed by atoms with Gasteiger partial charge in [-0.2, -0.15) is 0 Å². The monoisotopic (exact) mass is 400 g/mol. The van der Waals surface area contributed by atoms with Crippen molar-refractivity contribution in [1.82, 2.24) is 20.5 Å². The summed E-state index contributed by atoms with van der Waals surface area (Å²) in [4.78, 5) is 41.7. The van der Waals surface area contributed by atoms with Gasteiger partial charge in [0.1, 0.15) is 6.04 Å². The van der Waals surface area contributed by atoms with Crippen molar-refractivity contribution >= 4 is 29.4 Å². The summed E-state index contributed by atoms with van der Waals surface area (Å²) in [5.74, 6) is -0.491. The van der Waals surface area contributed by atoms with Crippen molar-refractivity contribution in [2.75, 3.05) is 6.54 Å². The molecule has 0 bridgehead atoms. The minimum atomic E-state index is -0.694. The lowest BCUT2D eigenvalue weighted by atomic mass is 10.1. The summed E-state index contributed by atoms with van der Waals surface area (Å²) in [5, 5.41) is 5.96. The molecule has 28 heavy (non-hydrogen) atoms. The molecule has 7 nitrogen and oxygen atoms in total. The number of carbonyl (C=O) groups excluding carboxylic acids is 3. The molecule has 2 aromatic rings. The van der Waals surface area contributed by atoms with Crippen LogP contribution >= 0.6 is 11.6 Å². The molecule has 1 unspecified atom stereocenters. The highest BCUT2D eigenvalue weighted by atomic mass is 35.5. The molecule has 1 aliphatic rings. The van der Waals surface area contributed by atoms with Crippen LogP contribution in [0.1, 0.15) is 24.0 Å². The summed E-state index contributed by atoms with van der Waals surface area (Å²) < 4.78 is 0. The number of nitrogens with one attached hydrogen (secondary N) is 2. The number of urea groups is 1. The maximum absolute atomic E-state index is 12.5. The molecule has 1 fully saturated rings. The highest BCUT2D eigenvalue weighted by Crippen LogP contribution is 2.20. The second kappa shape index (κ2) is 9.32. The number of hydrogen-bond donors (Lipinski definition) is 2. The van der Waals surface area contributed by atoms with Gasteiger partial charge in [-0.3, -0.25) is 19.5 Å². The van der Waals surface area contributed by atoms with Gasteiger partial charge in [-0.25, -0.2) is 4.79 Å². The molecule has 1 aromatic carbocycles. The minimum Gasteiger partial charge on any atom is -0.356 e. The smallest absolute Gasteiger partial charge is 0.325 e. The van der Waals surface area contributed by atoms with Crippen LogP contribution in [0.25, 0.3) is 0 Å². The summed E-state index contributed by atoms with van der Waals surface area (Å²) in [5.41, 5.74) is 1.78. The van der Waals surface area contributed by atoms with Gasteiger partial charge in [0.2, 0.25) is 5.91 Å². The van der Waals surface area contributed by atoms with E-state index < -0.39 is 12.1 Å². The van der Waals surface area contributed by atoms with Gasteiger partial charge in [0.05, 0.1) is 6.54 Å². The molecule has 1 aliphatic heterocycles. The normalized spacial score (nSPS) is 16.2. The Labute approximate surface area is 168 Å². The van der Waals surface area contributed by atoms with E-state index in [-0.39, 0.29) is 31.2 Å². The van der Waals surface area contributed by atoms with Crippen LogP contribution < -0.4 is 10.6 Å². The van der Waals surface area contributed by atoms with Crippen LogP contribution in [-0.4, -0.2) is 40.3 Å². The van der Waals surface area contributed by atoms with Crippen molar-refractivity contribution in [3.63, 3.8) is 0 Å². The van der Waals surface area contributed by atoms with Gasteiger partial charge in [0, 0.05) is 30.4 Å². The fraction of sp³-hybridized carbons (Fsp3) is 0.300. The summed E-state index contributed by atoms with van der Waals surface area (Å²) >= 11 is 6.10. The van der Waals surface area contributed by atoms with Gasteiger partial charge in [-0.1, -0.05) is 29.8 Å². The zero-order valence-corrected chi connectivity index (χ0v) is 16.0. The molecule has 0 radical (unpaired) electrons. The number of rotatable bonds is 8. The van der Waals surface area contributed by atoms with Crippen LogP contribution in [0, 0.1) is 0 Å². The van der Waals surface area contributed by atoms with Crippen molar-refractivity contribution < 1.29 is 14.4 Å². The lowest BCUT2D eigenvalue weighted by Gasteiger charge is -2.14. The first kappa shape index (κ1) is 19.8. The van der Waals surface area contributed by atoms with Crippen molar-refractivity contribution in [3.8, 4) is 0 Å². The van der Waals surface area contributed by atoms with Gasteiger partial charge in [-0.05, 0) is 42.2 Å². The molecular formula is C20H21ClN4O3. The van der Waals surface area contributed by atoms with Crippen LogP contribution in [0.4, 0.5) is 4.79 Å². The topological polar surface area (TPSA) is 91.4 Å². The van der Waals surface area contributed by atoms with Crippen LogP contribution in [0.15, 0.2) is 48.8 Å². The maximum Gasteiger partial charge on any atom is 0.325 e. The standard InChI is InChI=1S/C20H21ClN4O3/c21-16-4-2-1-3-15(16)13-25-19(27)17(24-20(25)28)5-6-18(26)23-12-9-14-7-10-22-11-8-14/h1-4,7-8,10-11,17H,5-6,9,12-13H2,(H,23,26)(H,24,28). The van der Waals surface area contributed by atoms with Crippen LogP contribution in [-0.2, 0) is 22.6 Å². The zero-order valence-electron chi connectivity index (χ0n) is 15.2. The number of imide groups is 1. The number of aromatic nitrogens is 1. The van der Waals surface area contributed by atoms with E-state index >= 15 is 0 Å². The van der Waals surface area contributed by atoms with Gasteiger partial charge in [0.15, 0.2) is 0 Å². The van der Waals surface area contributed by atoms with Crippen molar-refractivity contribution in [3.05, 3.63) is 64.9 Å². The first-order valence-corrected chi connectivity index (χ1v) is 9.43. The predicted molar refractivity (Wildman–Crippen MR) is 105 cm³/mol. The lowest BCUT2D eigenvalue weighted by Crippen LogP contribution is -2.33. The Morgan fingerprint density at radius 2 is 1.93 bits per heavy atom. The summed E-state index contributed by atoms with van der Waals surface area (Å²) in [6, 6.07) is 9.70. The van der Waals surface area contributed by atoms with E-state index in [1.165, 1.54) is 0 Å². The molecule has 0 aliphatic carbocycles. The number of amides is 4. The molecule has 3 rings (SSSR count). The number of halogens is 1. The van der Waals surface area contributed by atoms with Crippen LogP contribution in [0.3, 0.4) is 0 Å². The Hall–Kier alpha value is -2.93. The van der Waals surface area contributed by atoms with E-state index in [0.717, 1.165) is 10.5 Å². The summed E-state index contributed by atoms with van der Waals surface area (Å²) in [6.07, 6.45) is 4.54. The molecule has 2 heterocycles. The van der Waals surface area contributed by atoms with Crippen molar-refractivity contribution in [2.45, 2.75) is 31.8 Å². The van der Waals surface area contributed by atoms with Gasteiger partial charge in [-0.15, -0.1) is 0 Å². The molecule has 0 spiro atoms. The third kappa shape index (κ3) is 5.07. The highest BCUT2D eigenvalue weighted by molar-refractivity contribution is 6.31. The van der Waals surface area contributed by atoms with E-state index in [2.05, 4.69) is 15.6 Å². The molecule has 8 heteroatoms. The average molecular weight is 401 g/mol. The Balaban J connectivity index is 1.44. The molecule has 4 amide bonds. The number of benzene rings is 1. The molecular weight excluding hydrogens is 380 g/mol. The summed E-state index contributed by atoms with van der Waals surface area (Å²) in [6.45, 7) is 0.616.